The standard InChI is InChI=1S/C17H18O2S/c1-12-8-9-13(2)14(10-12)11-20-16-7-5-4-6-15(16)17(18)19-3/h4-10H,11H2,1-3H3. The largest absolute Gasteiger partial charge is 0.465 e. The molecule has 0 aromatic heterocycles. The summed E-state index contributed by atoms with van der Waals surface area (Å²) >= 11 is 1.67. The van der Waals surface area contributed by atoms with Crippen LogP contribution in [0.15, 0.2) is 47.4 Å². The number of hydrogen-bond donors (Lipinski definition) is 0. The summed E-state index contributed by atoms with van der Waals surface area (Å²) in [7, 11) is 1.41. The summed E-state index contributed by atoms with van der Waals surface area (Å²) in [4.78, 5) is 12.7. The quantitative estimate of drug-likeness (QED) is 0.616. The molecule has 2 aromatic rings. The second-order valence-electron chi connectivity index (χ2n) is 4.71. The first-order chi connectivity index (χ1) is 9.61. The van der Waals surface area contributed by atoms with Crippen LogP contribution in [-0.2, 0) is 10.5 Å². The Kier molecular flexibility index (Phi) is 4.85. The molecule has 0 saturated carbocycles. The summed E-state index contributed by atoms with van der Waals surface area (Å²) in [6, 6.07) is 14.0. The fourth-order valence-corrected chi connectivity index (χ4v) is 3.09. The van der Waals surface area contributed by atoms with Crippen LogP contribution in [0.5, 0.6) is 0 Å². The third-order valence-corrected chi connectivity index (χ3v) is 4.30. The Bertz CT molecular complexity index is 620. The number of carbonyl (C=O) groups excluding carboxylic acids is 1. The van der Waals surface area contributed by atoms with E-state index in [1.165, 1.54) is 23.8 Å². The minimum atomic E-state index is -0.283. The van der Waals surface area contributed by atoms with E-state index in [1.807, 2.05) is 18.2 Å². The zero-order valence-corrected chi connectivity index (χ0v) is 12.8. The number of hydrogen-bond acceptors (Lipinski definition) is 3. The van der Waals surface area contributed by atoms with Gasteiger partial charge in [-0.1, -0.05) is 35.9 Å². The van der Waals surface area contributed by atoms with Gasteiger partial charge < -0.3 is 4.74 Å². The Balaban J connectivity index is 2.19. The van der Waals surface area contributed by atoms with Crippen molar-refractivity contribution in [2.45, 2.75) is 24.5 Å². The molecule has 0 fully saturated rings. The van der Waals surface area contributed by atoms with Crippen molar-refractivity contribution in [1.29, 1.82) is 0 Å². The normalized spacial score (nSPS) is 10.3. The van der Waals surface area contributed by atoms with E-state index in [0.29, 0.717) is 5.56 Å². The number of ether oxygens (including phenoxy) is 1. The lowest BCUT2D eigenvalue weighted by molar-refractivity contribution is 0.0597. The van der Waals surface area contributed by atoms with Crippen LogP contribution in [0, 0.1) is 13.8 Å². The van der Waals surface area contributed by atoms with Gasteiger partial charge in [-0.25, -0.2) is 4.79 Å². The summed E-state index contributed by atoms with van der Waals surface area (Å²) in [6.45, 7) is 4.21. The summed E-state index contributed by atoms with van der Waals surface area (Å²) in [5.41, 5.74) is 4.46. The number of rotatable bonds is 4. The smallest absolute Gasteiger partial charge is 0.338 e. The topological polar surface area (TPSA) is 26.3 Å². The average Bonchev–Trinajstić information content (AvgIpc) is 2.47. The van der Waals surface area contributed by atoms with Crippen molar-refractivity contribution in [2.24, 2.45) is 0 Å². The molecule has 20 heavy (non-hydrogen) atoms. The van der Waals surface area contributed by atoms with Crippen molar-refractivity contribution in [3.05, 3.63) is 64.7 Å². The minimum Gasteiger partial charge on any atom is -0.465 e. The van der Waals surface area contributed by atoms with Crippen LogP contribution < -0.4 is 0 Å². The molecular weight excluding hydrogens is 268 g/mol. The number of thioether (sulfide) groups is 1. The summed E-state index contributed by atoms with van der Waals surface area (Å²) in [6.07, 6.45) is 0. The van der Waals surface area contributed by atoms with Crippen LogP contribution >= 0.6 is 11.8 Å². The number of aryl methyl sites for hydroxylation is 2. The van der Waals surface area contributed by atoms with Gasteiger partial charge in [0, 0.05) is 10.6 Å². The van der Waals surface area contributed by atoms with Crippen LogP contribution in [0.25, 0.3) is 0 Å². The van der Waals surface area contributed by atoms with Crippen LogP contribution in [0.4, 0.5) is 0 Å². The minimum absolute atomic E-state index is 0.283. The van der Waals surface area contributed by atoms with Crippen molar-refractivity contribution < 1.29 is 9.53 Å². The maximum Gasteiger partial charge on any atom is 0.338 e. The summed E-state index contributed by atoms with van der Waals surface area (Å²) in [5.74, 6) is 0.565. The van der Waals surface area contributed by atoms with Crippen LogP contribution in [0.2, 0.25) is 0 Å². The SMILES string of the molecule is COC(=O)c1ccccc1SCc1cc(C)ccc1C. The Morgan fingerprint density at radius 2 is 1.90 bits per heavy atom. The molecular formula is C17H18O2S. The van der Waals surface area contributed by atoms with Gasteiger partial charge in [-0.3, -0.25) is 0 Å². The molecule has 104 valence electrons. The number of benzene rings is 2. The average molecular weight is 286 g/mol. The Morgan fingerprint density at radius 1 is 1.15 bits per heavy atom. The third-order valence-electron chi connectivity index (χ3n) is 3.18. The van der Waals surface area contributed by atoms with E-state index in [-0.39, 0.29) is 5.97 Å². The number of esters is 1. The molecule has 0 spiro atoms. The van der Waals surface area contributed by atoms with Crippen LogP contribution in [-0.4, -0.2) is 13.1 Å². The van der Waals surface area contributed by atoms with Crippen molar-refractivity contribution in [3.8, 4) is 0 Å². The van der Waals surface area contributed by atoms with E-state index in [1.54, 1.807) is 17.8 Å². The molecule has 0 amide bonds. The molecule has 0 radical (unpaired) electrons. The third kappa shape index (κ3) is 3.42. The molecule has 2 aromatic carbocycles. The van der Waals surface area contributed by atoms with Gasteiger partial charge in [0.2, 0.25) is 0 Å². The van der Waals surface area contributed by atoms with Gasteiger partial charge in [0.25, 0.3) is 0 Å². The van der Waals surface area contributed by atoms with E-state index >= 15 is 0 Å². The van der Waals surface area contributed by atoms with E-state index in [2.05, 4.69) is 32.0 Å². The molecule has 0 atom stereocenters. The van der Waals surface area contributed by atoms with Gasteiger partial charge in [-0.2, -0.15) is 0 Å². The molecule has 2 nitrogen and oxygen atoms in total. The molecule has 0 heterocycles. The second kappa shape index (κ2) is 6.62. The predicted octanol–water partition coefficient (Wildman–Crippen LogP) is 4.38. The Morgan fingerprint density at radius 3 is 2.65 bits per heavy atom. The molecule has 0 bridgehead atoms. The van der Waals surface area contributed by atoms with Crippen molar-refractivity contribution in [3.63, 3.8) is 0 Å². The first-order valence-electron chi connectivity index (χ1n) is 6.48. The lowest BCUT2D eigenvalue weighted by atomic mass is 10.1. The first-order valence-corrected chi connectivity index (χ1v) is 7.46. The number of methoxy groups -OCH3 is 1. The first kappa shape index (κ1) is 14.7. The zero-order chi connectivity index (χ0) is 14.5. The lowest BCUT2D eigenvalue weighted by Gasteiger charge is -2.09. The highest BCUT2D eigenvalue weighted by molar-refractivity contribution is 7.98. The molecule has 3 heteroatoms. The van der Waals surface area contributed by atoms with Gasteiger partial charge in [-0.15, -0.1) is 11.8 Å². The second-order valence-corrected chi connectivity index (χ2v) is 5.72. The summed E-state index contributed by atoms with van der Waals surface area (Å²) in [5, 5.41) is 0. The Hall–Kier alpha value is -1.74. The summed E-state index contributed by atoms with van der Waals surface area (Å²) < 4.78 is 4.82. The molecule has 0 saturated heterocycles. The fraction of sp³-hybridized carbons (Fsp3) is 0.235. The molecule has 0 aliphatic carbocycles. The molecule has 0 aliphatic rings. The molecule has 2 rings (SSSR count). The fourth-order valence-electron chi connectivity index (χ4n) is 1.98. The van der Waals surface area contributed by atoms with Gasteiger partial charge in [0.05, 0.1) is 12.7 Å². The van der Waals surface area contributed by atoms with Gasteiger partial charge in [0.15, 0.2) is 0 Å². The van der Waals surface area contributed by atoms with E-state index in [4.69, 9.17) is 4.74 Å². The van der Waals surface area contributed by atoms with Crippen LogP contribution in [0.1, 0.15) is 27.0 Å². The van der Waals surface area contributed by atoms with Gasteiger partial charge in [-0.05, 0) is 37.1 Å². The van der Waals surface area contributed by atoms with E-state index in [0.717, 1.165) is 10.6 Å². The Labute approximate surface area is 124 Å². The zero-order valence-electron chi connectivity index (χ0n) is 12.0. The monoisotopic (exact) mass is 286 g/mol. The highest BCUT2D eigenvalue weighted by Gasteiger charge is 2.11. The lowest BCUT2D eigenvalue weighted by Crippen LogP contribution is -2.02. The highest BCUT2D eigenvalue weighted by atomic mass is 32.2. The van der Waals surface area contributed by atoms with E-state index < -0.39 is 0 Å². The van der Waals surface area contributed by atoms with Crippen molar-refractivity contribution in [2.75, 3.05) is 7.11 Å². The maximum atomic E-state index is 11.7. The van der Waals surface area contributed by atoms with Gasteiger partial charge in [0.1, 0.15) is 0 Å². The van der Waals surface area contributed by atoms with E-state index in [9.17, 15) is 4.79 Å². The molecule has 0 unspecified atom stereocenters. The highest BCUT2D eigenvalue weighted by Crippen LogP contribution is 2.28. The van der Waals surface area contributed by atoms with Gasteiger partial charge >= 0.3 is 5.97 Å². The molecule has 0 aliphatic heterocycles. The number of carbonyl (C=O) groups is 1. The predicted molar refractivity (Wildman–Crippen MR) is 83.3 cm³/mol. The van der Waals surface area contributed by atoms with Crippen molar-refractivity contribution >= 4 is 17.7 Å². The van der Waals surface area contributed by atoms with Crippen LogP contribution in [0.3, 0.4) is 0 Å². The van der Waals surface area contributed by atoms with Crippen molar-refractivity contribution in [1.82, 2.24) is 0 Å². The maximum absolute atomic E-state index is 11.7. The molecule has 0 N–H and O–H groups in total.